The van der Waals surface area contributed by atoms with Crippen LogP contribution in [-0.2, 0) is 7.05 Å². The normalized spacial score (nSPS) is 11.0. The third kappa shape index (κ3) is 2.89. The molecule has 2 rings (SSSR count). The molecule has 0 fully saturated rings. The van der Waals surface area contributed by atoms with Crippen LogP contribution in [0.1, 0.15) is 19.5 Å². The average Bonchev–Trinajstić information content (AvgIpc) is 2.62. The van der Waals surface area contributed by atoms with Crippen molar-refractivity contribution in [3.05, 3.63) is 30.0 Å². The molecule has 4 heteroatoms. The van der Waals surface area contributed by atoms with E-state index >= 15 is 0 Å². The van der Waals surface area contributed by atoms with Gasteiger partial charge in [-0.3, -0.25) is 4.68 Å². The molecule has 1 aromatic carbocycles. The summed E-state index contributed by atoms with van der Waals surface area (Å²) >= 11 is 0. The number of hydrogen-bond donors (Lipinski definition) is 1. The molecule has 0 aliphatic rings. The van der Waals surface area contributed by atoms with Gasteiger partial charge in [-0.05, 0) is 30.5 Å². The van der Waals surface area contributed by atoms with Gasteiger partial charge >= 0.3 is 0 Å². The summed E-state index contributed by atoms with van der Waals surface area (Å²) < 4.78 is 7.37. The minimum Gasteiger partial charge on any atom is -0.493 e. The fourth-order valence-corrected chi connectivity index (χ4v) is 2.01. The van der Waals surface area contributed by atoms with E-state index in [0.29, 0.717) is 11.7 Å². The zero-order valence-electron chi connectivity index (χ0n) is 12.0. The molecule has 0 saturated carbocycles. The van der Waals surface area contributed by atoms with Gasteiger partial charge in [0.1, 0.15) is 11.6 Å². The van der Waals surface area contributed by atoms with Crippen LogP contribution in [0.25, 0.3) is 11.1 Å². The van der Waals surface area contributed by atoms with Crippen molar-refractivity contribution in [2.75, 3.05) is 12.3 Å². The van der Waals surface area contributed by atoms with E-state index in [4.69, 9.17) is 10.5 Å². The van der Waals surface area contributed by atoms with Gasteiger partial charge in [-0.1, -0.05) is 26.0 Å². The lowest BCUT2D eigenvalue weighted by atomic mass is 10.1. The second-order valence-electron chi connectivity index (χ2n) is 5.20. The Morgan fingerprint density at radius 2 is 1.89 bits per heavy atom. The summed E-state index contributed by atoms with van der Waals surface area (Å²) in [6.07, 6.45) is 0. The Balaban J connectivity index is 2.23. The molecule has 2 aromatic rings. The minimum atomic E-state index is 0.524. The zero-order valence-corrected chi connectivity index (χ0v) is 12.0. The number of hydrogen-bond acceptors (Lipinski definition) is 3. The van der Waals surface area contributed by atoms with Crippen LogP contribution in [0.3, 0.4) is 0 Å². The first-order valence-corrected chi connectivity index (χ1v) is 6.51. The van der Waals surface area contributed by atoms with E-state index in [0.717, 1.165) is 29.2 Å². The Hall–Kier alpha value is -1.97. The van der Waals surface area contributed by atoms with Crippen LogP contribution in [0, 0.1) is 12.8 Å². The van der Waals surface area contributed by atoms with Crippen molar-refractivity contribution in [2.45, 2.75) is 20.8 Å². The molecule has 0 spiro atoms. The number of aryl methyl sites for hydroxylation is 2. The highest BCUT2D eigenvalue weighted by Crippen LogP contribution is 2.30. The predicted octanol–water partition coefficient (Wildman–Crippen LogP) is 3.01. The van der Waals surface area contributed by atoms with Gasteiger partial charge in [0.05, 0.1) is 12.3 Å². The SMILES string of the molecule is Cc1nn(C)c(N)c1-c1ccc(OCC(C)C)cc1. The van der Waals surface area contributed by atoms with Crippen molar-refractivity contribution in [3.63, 3.8) is 0 Å². The molecule has 0 saturated heterocycles. The second-order valence-corrected chi connectivity index (χ2v) is 5.20. The quantitative estimate of drug-likeness (QED) is 0.918. The van der Waals surface area contributed by atoms with Gasteiger partial charge in [-0.25, -0.2) is 0 Å². The van der Waals surface area contributed by atoms with Gasteiger partial charge < -0.3 is 10.5 Å². The Morgan fingerprint density at radius 1 is 1.26 bits per heavy atom. The highest BCUT2D eigenvalue weighted by molar-refractivity contribution is 5.76. The Morgan fingerprint density at radius 3 is 2.37 bits per heavy atom. The van der Waals surface area contributed by atoms with Crippen LogP contribution in [0.4, 0.5) is 5.82 Å². The maximum atomic E-state index is 6.04. The number of rotatable bonds is 4. The van der Waals surface area contributed by atoms with Crippen molar-refractivity contribution >= 4 is 5.82 Å². The topological polar surface area (TPSA) is 53.1 Å². The van der Waals surface area contributed by atoms with E-state index in [9.17, 15) is 0 Å². The zero-order chi connectivity index (χ0) is 14.0. The van der Waals surface area contributed by atoms with Gasteiger partial charge in [0.2, 0.25) is 0 Å². The number of benzene rings is 1. The van der Waals surface area contributed by atoms with E-state index in [1.807, 2.05) is 38.2 Å². The van der Waals surface area contributed by atoms with Crippen LogP contribution in [-0.4, -0.2) is 16.4 Å². The van der Waals surface area contributed by atoms with Gasteiger partial charge in [0.15, 0.2) is 0 Å². The summed E-state index contributed by atoms with van der Waals surface area (Å²) in [6, 6.07) is 8.00. The summed E-state index contributed by atoms with van der Waals surface area (Å²) in [5.74, 6) is 2.10. The van der Waals surface area contributed by atoms with Crippen molar-refractivity contribution < 1.29 is 4.74 Å². The highest BCUT2D eigenvalue weighted by Gasteiger charge is 2.12. The first-order chi connectivity index (χ1) is 8.99. The van der Waals surface area contributed by atoms with Gasteiger partial charge in [0.25, 0.3) is 0 Å². The van der Waals surface area contributed by atoms with Crippen LogP contribution < -0.4 is 10.5 Å². The first-order valence-electron chi connectivity index (χ1n) is 6.51. The average molecular weight is 259 g/mol. The Labute approximate surface area is 114 Å². The number of anilines is 1. The molecule has 1 heterocycles. The lowest BCUT2D eigenvalue weighted by Gasteiger charge is -2.09. The molecule has 0 unspecified atom stereocenters. The number of ether oxygens (including phenoxy) is 1. The first kappa shape index (κ1) is 13.5. The van der Waals surface area contributed by atoms with Crippen molar-refractivity contribution in [3.8, 4) is 16.9 Å². The fraction of sp³-hybridized carbons (Fsp3) is 0.400. The Kier molecular flexibility index (Phi) is 3.79. The summed E-state index contributed by atoms with van der Waals surface area (Å²) in [6.45, 7) is 6.96. The molecule has 0 radical (unpaired) electrons. The van der Waals surface area contributed by atoms with Gasteiger partial charge in [-0.2, -0.15) is 5.10 Å². The lowest BCUT2D eigenvalue weighted by molar-refractivity contribution is 0.271. The van der Waals surface area contributed by atoms with Crippen LogP contribution >= 0.6 is 0 Å². The number of nitrogens with two attached hydrogens (primary N) is 1. The minimum absolute atomic E-state index is 0.524. The predicted molar refractivity (Wildman–Crippen MR) is 78.1 cm³/mol. The summed E-state index contributed by atoms with van der Waals surface area (Å²) in [5.41, 5.74) is 9.05. The molecule has 0 aliphatic heterocycles. The molecule has 0 aliphatic carbocycles. The van der Waals surface area contributed by atoms with Crippen molar-refractivity contribution in [2.24, 2.45) is 13.0 Å². The molecule has 0 amide bonds. The van der Waals surface area contributed by atoms with Crippen molar-refractivity contribution in [1.29, 1.82) is 0 Å². The van der Waals surface area contributed by atoms with E-state index in [-0.39, 0.29) is 0 Å². The molecular formula is C15H21N3O. The smallest absolute Gasteiger partial charge is 0.129 e. The van der Waals surface area contributed by atoms with Crippen molar-refractivity contribution in [1.82, 2.24) is 9.78 Å². The summed E-state index contributed by atoms with van der Waals surface area (Å²) in [4.78, 5) is 0. The molecule has 0 bridgehead atoms. The molecule has 4 nitrogen and oxygen atoms in total. The number of aromatic nitrogens is 2. The standard InChI is InChI=1S/C15H21N3O/c1-10(2)9-19-13-7-5-12(6-8-13)14-11(3)17-18(4)15(14)16/h5-8,10H,9,16H2,1-4H3. The van der Waals surface area contributed by atoms with Crippen LogP contribution in [0.2, 0.25) is 0 Å². The molecule has 0 atom stereocenters. The second kappa shape index (κ2) is 5.34. The van der Waals surface area contributed by atoms with Crippen LogP contribution in [0.15, 0.2) is 24.3 Å². The van der Waals surface area contributed by atoms with Gasteiger partial charge in [0, 0.05) is 12.6 Å². The monoisotopic (exact) mass is 259 g/mol. The number of nitrogens with zero attached hydrogens (tertiary/aromatic N) is 2. The fourth-order valence-electron chi connectivity index (χ4n) is 2.01. The maximum absolute atomic E-state index is 6.04. The van der Waals surface area contributed by atoms with E-state index in [1.54, 1.807) is 4.68 Å². The molecular weight excluding hydrogens is 238 g/mol. The largest absolute Gasteiger partial charge is 0.493 e. The third-order valence-corrected chi connectivity index (χ3v) is 2.99. The molecule has 19 heavy (non-hydrogen) atoms. The molecule has 102 valence electrons. The third-order valence-electron chi connectivity index (χ3n) is 2.99. The van der Waals surface area contributed by atoms with E-state index in [1.165, 1.54) is 0 Å². The Bertz CT molecular complexity index is 556. The van der Waals surface area contributed by atoms with E-state index < -0.39 is 0 Å². The molecule has 2 N–H and O–H groups in total. The molecule has 1 aromatic heterocycles. The van der Waals surface area contributed by atoms with Crippen LogP contribution in [0.5, 0.6) is 5.75 Å². The highest BCUT2D eigenvalue weighted by atomic mass is 16.5. The maximum Gasteiger partial charge on any atom is 0.129 e. The number of nitrogen functional groups attached to an aromatic ring is 1. The summed E-state index contributed by atoms with van der Waals surface area (Å²) in [7, 11) is 1.85. The lowest BCUT2D eigenvalue weighted by Crippen LogP contribution is -2.04. The van der Waals surface area contributed by atoms with Gasteiger partial charge in [-0.15, -0.1) is 0 Å². The van der Waals surface area contributed by atoms with E-state index in [2.05, 4.69) is 18.9 Å². The summed E-state index contributed by atoms with van der Waals surface area (Å²) in [5, 5.41) is 4.33.